The van der Waals surface area contributed by atoms with E-state index < -0.39 is 11.9 Å². The third-order valence-corrected chi connectivity index (χ3v) is 2.83. The Labute approximate surface area is 82.6 Å². The highest BCUT2D eigenvalue weighted by molar-refractivity contribution is 6.30. The first kappa shape index (κ1) is 9.49. The standard InChI is InChI=1S/C10H14O4/c11-9-10(12)14-8-6-4-2-1-3-5-7(8)13-9/h7-8H,1-6H2/t7-,8+. The maximum Gasteiger partial charge on any atom is 0.417 e. The molecular formula is C10H14O4. The summed E-state index contributed by atoms with van der Waals surface area (Å²) in [5.41, 5.74) is 0. The molecule has 4 heteroatoms. The van der Waals surface area contributed by atoms with Crippen LogP contribution in [0.4, 0.5) is 0 Å². The van der Waals surface area contributed by atoms with Gasteiger partial charge in [-0.1, -0.05) is 12.8 Å². The second kappa shape index (κ2) is 3.98. The summed E-state index contributed by atoms with van der Waals surface area (Å²) in [4.78, 5) is 21.9. The van der Waals surface area contributed by atoms with Crippen molar-refractivity contribution < 1.29 is 19.1 Å². The number of hydrogen-bond donors (Lipinski definition) is 0. The van der Waals surface area contributed by atoms with E-state index in [0.29, 0.717) is 0 Å². The van der Waals surface area contributed by atoms with Crippen LogP contribution in [0.25, 0.3) is 0 Å². The van der Waals surface area contributed by atoms with E-state index in [1.165, 1.54) is 12.8 Å². The number of carbonyl (C=O) groups is 2. The van der Waals surface area contributed by atoms with Crippen molar-refractivity contribution >= 4 is 11.9 Å². The maximum atomic E-state index is 11.0. The Hall–Kier alpha value is -1.06. The van der Waals surface area contributed by atoms with Crippen molar-refractivity contribution in [3.05, 3.63) is 0 Å². The lowest BCUT2D eigenvalue weighted by molar-refractivity contribution is -0.196. The summed E-state index contributed by atoms with van der Waals surface area (Å²) in [6, 6.07) is 0. The molecule has 0 radical (unpaired) electrons. The number of carbonyl (C=O) groups excluding carboxylic acids is 2. The lowest BCUT2D eigenvalue weighted by Gasteiger charge is -2.31. The zero-order valence-corrected chi connectivity index (χ0v) is 8.03. The Morgan fingerprint density at radius 3 is 1.64 bits per heavy atom. The zero-order chi connectivity index (χ0) is 9.97. The number of hydrogen-bond acceptors (Lipinski definition) is 4. The second-order valence-corrected chi connectivity index (χ2v) is 3.88. The van der Waals surface area contributed by atoms with Gasteiger partial charge in [0.15, 0.2) is 0 Å². The van der Waals surface area contributed by atoms with Gasteiger partial charge in [-0.3, -0.25) is 0 Å². The maximum absolute atomic E-state index is 11.0. The van der Waals surface area contributed by atoms with Crippen molar-refractivity contribution in [3.63, 3.8) is 0 Å². The lowest BCUT2D eigenvalue weighted by Crippen LogP contribution is -2.44. The van der Waals surface area contributed by atoms with Crippen LogP contribution in [-0.2, 0) is 19.1 Å². The third kappa shape index (κ3) is 1.89. The summed E-state index contributed by atoms with van der Waals surface area (Å²) in [5, 5.41) is 0. The zero-order valence-electron chi connectivity index (χ0n) is 8.03. The van der Waals surface area contributed by atoms with Crippen molar-refractivity contribution in [1.29, 1.82) is 0 Å². The van der Waals surface area contributed by atoms with Gasteiger partial charge in [0.25, 0.3) is 0 Å². The van der Waals surface area contributed by atoms with E-state index in [2.05, 4.69) is 0 Å². The Morgan fingerprint density at radius 1 is 0.786 bits per heavy atom. The SMILES string of the molecule is O=C1O[C@H]2CCCCCC[C@H]2OC1=O. The van der Waals surface area contributed by atoms with Gasteiger partial charge in [-0.25, -0.2) is 9.59 Å². The minimum Gasteiger partial charge on any atom is -0.450 e. The van der Waals surface area contributed by atoms with E-state index in [4.69, 9.17) is 9.47 Å². The molecule has 0 amide bonds. The van der Waals surface area contributed by atoms with E-state index in [-0.39, 0.29) is 12.2 Å². The van der Waals surface area contributed by atoms with E-state index in [1.54, 1.807) is 0 Å². The molecule has 1 aliphatic carbocycles. The van der Waals surface area contributed by atoms with Gasteiger partial charge in [0, 0.05) is 0 Å². The lowest BCUT2D eigenvalue weighted by atomic mass is 9.95. The Bertz CT molecular complexity index is 223. The molecule has 1 aliphatic heterocycles. The van der Waals surface area contributed by atoms with E-state index in [9.17, 15) is 9.59 Å². The average Bonchev–Trinajstić information content (AvgIpc) is 2.13. The smallest absolute Gasteiger partial charge is 0.417 e. The molecule has 0 spiro atoms. The molecule has 0 unspecified atom stereocenters. The molecule has 0 aromatic carbocycles. The molecule has 0 bridgehead atoms. The first-order valence-electron chi connectivity index (χ1n) is 5.19. The van der Waals surface area contributed by atoms with Gasteiger partial charge in [-0.05, 0) is 25.7 Å². The quantitative estimate of drug-likeness (QED) is 0.433. The summed E-state index contributed by atoms with van der Waals surface area (Å²) < 4.78 is 10.0. The summed E-state index contributed by atoms with van der Waals surface area (Å²) >= 11 is 0. The van der Waals surface area contributed by atoms with Crippen LogP contribution in [0.5, 0.6) is 0 Å². The number of ether oxygens (including phenoxy) is 2. The van der Waals surface area contributed by atoms with Crippen molar-refractivity contribution in [2.24, 2.45) is 0 Å². The van der Waals surface area contributed by atoms with Crippen LogP contribution >= 0.6 is 0 Å². The van der Waals surface area contributed by atoms with E-state index >= 15 is 0 Å². The second-order valence-electron chi connectivity index (χ2n) is 3.88. The monoisotopic (exact) mass is 198 g/mol. The Balaban J connectivity index is 2.02. The van der Waals surface area contributed by atoms with Crippen LogP contribution in [0, 0.1) is 0 Å². The highest BCUT2D eigenvalue weighted by Gasteiger charge is 2.37. The number of rotatable bonds is 0. The molecule has 4 nitrogen and oxygen atoms in total. The third-order valence-electron chi connectivity index (χ3n) is 2.83. The van der Waals surface area contributed by atoms with Gasteiger partial charge in [-0.15, -0.1) is 0 Å². The molecule has 1 heterocycles. The van der Waals surface area contributed by atoms with Crippen LogP contribution in [0.15, 0.2) is 0 Å². The molecule has 0 aromatic heterocycles. The average molecular weight is 198 g/mol. The molecule has 14 heavy (non-hydrogen) atoms. The molecule has 2 aliphatic rings. The first-order chi connectivity index (χ1) is 6.77. The summed E-state index contributed by atoms with van der Waals surface area (Å²) in [6.07, 6.45) is 5.70. The predicted octanol–water partition coefficient (Wildman–Crippen LogP) is 1.18. The number of fused-ring (bicyclic) bond motifs is 1. The van der Waals surface area contributed by atoms with Gasteiger partial charge < -0.3 is 9.47 Å². The minimum atomic E-state index is -0.827. The molecule has 0 N–H and O–H groups in total. The molecule has 1 saturated carbocycles. The van der Waals surface area contributed by atoms with E-state index in [0.717, 1.165) is 25.7 Å². The van der Waals surface area contributed by atoms with Crippen LogP contribution in [0.3, 0.4) is 0 Å². The fourth-order valence-corrected chi connectivity index (χ4v) is 2.06. The van der Waals surface area contributed by atoms with Gasteiger partial charge in [0.05, 0.1) is 0 Å². The fraction of sp³-hybridized carbons (Fsp3) is 0.800. The largest absolute Gasteiger partial charge is 0.450 e. The van der Waals surface area contributed by atoms with Gasteiger partial charge in [0.2, 0.25) is 0 Å². The van der Waals surface area contributed by atoms with Crippen molar-refractivity contribution in [3.8, 4) is 0 Å². The van der Waals surface area contributed by atoms with Crippen LogP contribution in [0.2, 0.25) is 0 Å². The van der Waals surface area contributed by atoms with Crippen LogP contribution in [0.1, 0.15) is 38.5 Å². The molecule has 1 saturated heterocycles. The van der Waals surface area contributed by atoms with Crippen molar-refractivity contribution in [2.75, 3.05) is 0 Å². The van der Waals surface area contributed by atoms with Crippen molar-refractivity contribution in [1.82, 2.24) is 0 Å². The highest BCUT2D eigenvalue weighted by atomic mass is 16.6. The molecular weight excluding hydrogens is 184 g/mol. The summed E-state index contributed by atoms with van der Waals surface area (Å²) in [5.74, 6) is -1.65. The van der Waals surface area contributed by atoms with E-state index in [1.807, 2.05) is 0 Å². The molecule has 2 atom stereocenters. The Kier molecular flexibility index (Phi) is 2.70. The van der Waals surface area contributed by atoms with Gasteiger partial charge in [-0.2, -0.15) is 0 Å². The van der Waals surface area contributed by atoms with Gasteiger partial charge in [0.1, 0.15) is 12.2 Å². The number of esters is 2. The normalized spacial score (nSPS) is 33.4. The summed E-state index contributed by atoms with van der Waals surface area (Å²) in [7, 11) is 0. The highest BCUT2D eigenvalue weighted by Crippen LogP contribution is 2.25. The molecule has 78 valence electrons. The summed E-state index contributed by atoms with van der Waals surface area (Å²) in [6.45, 7) is 0. The molecule has 2 fully saturated rings. The van der Waals surface area contributed by atoms with Crippen molar-refractivity contribution in [2.45, 2.75) is 50.7 Å². The first-order valence-corrected chi connectivity index (χ1v) is 5.19. The minimum absolute atomic E-state index is 0.194. The molecule has 0 aromatic rings. The van der Waals surface area contributed by atoms with Gasteiger partial charge >= 0.3 is 11.9 Å². The Morgan fingerprint density at radius 2 is 1.21 bits per heavy atom. The molecule has 2 rings (SSSR count). The topological polar surface area (TPSA) is 52.6 Å². The van der Waals surface area contributed by atoms with Crippen LogP contribution < -0.4 is 0 Å². The fourth-order valence-electron chi connectivity index (χ4n) is 2.06. The van der Waals surface area contributed by atoms with Crippen LogP contribution in [-0.4, -0.2) is 24.1 Å². The predicted molar refractivity (Wildman–Crippen MR) is 47.5 cm³/mol.